The molecule has 3 fully saturated rings. The summed E-state index contributed by atoms with van der Waals surface area (Å²) in [6, 6.07) is 8.06. The number of carbonyl (C=O) groups is 2. The summed E-state index contributed by atoms with van der Waals surface area (Å²) in [5.41, 5.74) is 2.04. The topological polar surface area (TPSA) is 96.9 Å². The van der Waals surface area contributed by atoms with Gasteiger partial charge in [-0.3, -0.25) is 14.5 Å². The number of amides is 2. The first kappa shape index (κ1) is 23.3. The number of anilines is 2. The molecule has 1 aromatic carbocycles. The summed E-state index contributed by atoms with van der Waals surface area (Å²) in [5, 5.41) is 12.6. The molecule has 182 valence electrons. The van der Waals surface area contributed by atoms with Gasteiger partial charge in [0.1, 0.15) is 5.01 Å². The molecule has 2 amide bonds. The van der Waals surface area contributed by atoms with E-state index in [0.29, 0.717) is 17.8 Å². The Morgan fingerprint density at radius 1 is 1.15 bits per heavy atom. The fourth-order valence-electron chi connectivity index (χ4n) is 4.70. The molecule has 34 heavy (non-hydrogen) atoms. The molecule has 0 radical (unpaired) electrons. The van der Waals surface area contributed by atoms with Crippen molar-refractivity contribution in [3.63, 3.8) is 0 Å². The van der Waals surface area contributed by atoms with Crippen LogP contribution < -0.4 is 10.2 Å². The van der Waals surface area contributed by atoms with Crippen molar-refractivity contribution in [2.75, 3.05) is 49.7 Å². The fraction of sp³-hybridized carbons (Fsp3) is 0.583. The van der Waals surface area contributed by atoms with Crippen LogP contribution in [0, 0.1) is 5.92 Å². The molecule has 0 spiro atoms. The first-order valence-electron chi connectivity index (χ1n) is 12.1. The van der Waals surface area contributed by atoms with Gasteiger partial charge >= 0.3 is 0 Å². The van der Waals surface area contributed by atoms with Gasteiger partial charge in [-0.05, 0) is 37.0 Å². The molecule has 3 aliphatic heterocycles. The SMILES string of the molecule is O=C(Nc1nnc(CCC2CCCO2)s1)[C@H]1CC(=O)N(c2ccc(CN3CCOCC3)cc2)C1. The highest BCUT2D eigenvalue weighted by Gasteiger charge is 2.35. The largest absolute Gasteiger partial charge is 0.379 e. The van der Waals surface area contributed by atoms with E-state index in [0.717, 1.165) is 75.8 Å². The number of nitrogens with zero attached hydrogens (tertiary/aromatic N) is 4. The third kappa shape index (κ3) is 5.80. The number of aryl methyl sites for hydroxylation is 1. The Kier molecular flexibility index (Phi) is 7.48. The highest BCUT2D eigenvalue weighted by molar-refractivity contribution is 7.15. The summed E-state index contributed by atoms with van der Waals surface area (Å²) in [6.45, 7) is 5.52. The van der Waals surface area contributed by atoms with Gasteiger partial charge < -0.3 is 19.7 Å². The number of morpholine rings is 1. The molecule has 0 saturated carbocycles. The molecule has 1 N–H and O–H groups in total. The smallest absolute Gasteiger partial charge is 0.231 e. The van der Waals surface area contributed by atoms with Crippen LogP contribution >= 0.6 is 11.3 Å². The number of benzene rings is 1. The molecule has 0 aliphatic carbocycles. The van der Waals surface area contributed by atoms with Crippen LogP contribution in [0.5, 0.6) is 0 Å². The molecule has 1 aromatic heterocycles. The van der Waals surface area contributed by atoms with Crippen LogP contribution in [0.25, 0.3) is 0 Å². The number of aromatic nitrogens is 2. The lowest BCUT2D eigenvalue weighted by Gasteiger charge is -2.26. The van der Waals surface area contributed by atoms with Crippen molar-refractivity contribution in [2.24, 2.45) is 5.92 Å². The Labute approximate surface area is 203 Å². The van der Waals surface area contributed by atoms with E-state index in [-0.39, 0.29) is 18.2 Å². The van der Waals surface area contributed by atoms with Crippen LogP contribution in [-0.2, 0) is 32.0 Å². The minimum absolute atomic E-state index is 0.0319. The van der Waals surface area contributed by atoms with Gasteiger partial charge in [0.15, 0.2) is 0 Å². The summed E-state index contributed by atoms with van der Waals surface area (Å²) in [4.78, 5) is 29.5. The van der Waals surface area contributed by atoms with E-state index in [1.54, 1.807) is 4.90 Å². The Morgan fingerprint density at radius 2 is 1.97 bits per heavy atom. The van der Waals surface area contributed by atoms with Crippen molar-refractivity contribution in [1.29, 1.82) is 0 Å². The van der Waals surface area contributed by atoms with Crippen LogP contribution in [0.2, 0.25) is 0 Å². The van der Waals surface area contributed by atoms with Crippen molar-refractivity contribution in [1.82, 2.24) is 15.1 Å². The standard InChI is InChI=1S/C24H31N5O4S/c30-22-14-18(23(31)25-24-27-26-21(34-24)8-7-20-2-1-11-33-20)16-29(22)19-5-3-17(4-6-19)15-28-9-12-32-13-10-28/h3-6,18,20H,1-2,7-16H2,(H,25,27,31)/t18-,20?/m0/s1. The minimum Gasteiger partial charge on any atom is -0.379 e. The van der Waals surface area contributed by atoms with Crippen molar-refractivity contribution < 1.29 is 19.1 Å². The van der Waals surface area contributed by atoms with E-state index in [1.807, 2.05) is 12.1 Å². The second-order valence-electron chi connectivity index (χ2n) is 9.12. The molecule has 2 atom stereocenters. The molecular formula is C24H31N5O4S. The van der Waals surface area contributed by atoms with Gasteiger partial charge in [-0.15, -0.1) is 10.2 Å². The van der Waals surface area contributed by atoms with Gasteiger partial charge in [0.05, 0.1) is 25.2 Å². The lowest BCUT2D eigenvalue weighted by molar-refractivity contribution is -0.122. The summed E-state index contributed by atoms with van der Waals surface area (Å²) in [6.07, 6.45) is 4.47. The first-order valence-corrected chi connectivity index (χ1v) is 12.9. The normalized spacial score (nSPS) is 23.5. The van der Waals surface area contributed by atoms with Gasteiger partial charge in [0.25, 0.3) is 0 Å². The average Bonchev–Trinajstić information content (AvgIpc) is 3.61. The zero-order chi connectivity index (χ0) is 23.3. The first-order chi connectivity index (χ1) is 16.6. The summed E-state index contributed by atoms with van der Waals surface area (Å²) < 4.78 is 11.1. The molecule has 9 nitrogen and oxygen atoms in total. The monoisotopic (exact) mass is 485 g/mol. The third-order valence-corrected chi connectivity index (χ3v) is 7.55. The van der Waals surface area contributed by atoms with E-state index >= 15 is 0 Å². The van der Waals surface area contributed by atoms with E-state index < -0.39 is 5.92 Å². The van der Waals surface area contributed by atoms with Gasteiger partial charge in [0.2, 0.25) is 16.9 Å². The van der Waals surface area contributed by atoms with Gasteiger partial charge in [-0.2, -0.15) is 0 Å². The molecule has 0 bridgehead atoms. The highest BCUT2D eigenvalue weighted by atomic mass is 32.1. The summed E-state index contributed by atoms with van der Waals surface area (Å²) in [5.74, 6) is -0.614. The molecule has 5 rings (SSSR count). The van der Waals surface area contributed by atoms with Gasteiger partial charge in [0, 0.05) is 51.3 Å². The van der Waals surface area contributed by atoms with Gasteiger partial charge in [-0.1, -0.05) is 23.5 Å². The second kappa shape index (κ2) is 10.9. The maximum atomic E-state index is 12.8. The second-order valence-corrected chi connectivity index (χ2v) is 10.2. The molecule has 3 saturated heterocycles. The fourth-order valence-corrected chi connectivity index (χ4v) is 5.46. The zero-order valence-corrected chi connectivity index (χ0v) is 20.1. The van der Waals surface area contributed by atoms with E-state index in [4.69, 9.17) is 9.47 Å². The number of hydrogen-bond acceptors (Lipinski definition) is 8. The lowest BCUT2D eigenvalue weighted by atomic mass is 10.1. The molecule has 4 heterocycles. The van der Waals surface area contributed by atoms with Gasteiger partial charge in [-0.25, -0.2) is 0 Å². The number of hydrogen-bond donors (Lipinski definition) is 1. The maximum Gasteiger partial charge on any atom is 0.231 e. The summed E-state index contributed by atoms with van der Waals surface area (Å²) >= 11 is 1.40. The van der Waals surface area contributed by atoms with Crippen molar-refractivity contribution >= 4 is 34.0 Å². The number of nitrogens with one attached hydrogen (secondary N) is 1. The van der Waals surface area contributed by atoms with Crippen molar-refractivity contribution in [3.05, 3.63) is 34.8 Å². The van der Waals surface area contributed by atoms with E-state index in [2.05, 4.69) is 32.5 Å². The van der Waals surface area contributed by atoms with Crippen LogP contribution in [-0.4, -0.2) is 72.5 Å². The lowest BCUT2D eigenvalue weighted by Crippen LogP contribution is -2.35. The molecular weight excluding hydrogens is 454 g/mol. The summed E-state index contributed by atoms with van der Waals surface area (Å²) in [7, 11) is 0. The van der Waals surface area contributed by atoms with Crippen molar-refractivity contribution in [2.45, 2.75) is 44.8 Å². The third-order valence-electron chi connectivity index (χ3n) is 6.65. The van der Waals surface area contributed by atoms with Crippen molar-refractivity contribution in [3.8, 4) is 0 Å². The Hall–Kier alpha value is -2.40. The quantitative estimate of drug-likeness (QED) is 0.614. The molecule has 1 unspecified atom stereocenters. The predicted molar refractivity (Wildman–Crippen MR) is 129 cm³/mol. The number of rotatable bonds is 8. The highest BCUT2D eigenvalue weighted by Crippen LogP contribution is 2.28. The Morgan fingerprint density at radius 3 is 2.74 bits per heavy atom. The van der Waals surface area contributed by atoms with Crippen LogP contribution in [0.15, 0.2) is 24.3 Å². The minimum atomic E-state index is -0.403. The van der Waals surface area contributed by atoms with E-state index in [9.17, 15) is 9.59 Å². The Bertz CT molecular complexity index is 986. The predicted octanol–water partition coefficient (Wildman–Crippen LogP) is 2.47. The average molecular weight is 486 g/mol. The van der Waals surface area contributed by atoms with Crippen LogP contribution in [0.3, 0.4) is 0 Å². The van der Waals surface area contributed by atoms with Crippen LogP contribution in [0.1, 0.15) is 36.3 Å². The molecule has 10 heteroatoms. The Balaban J connectivity index is 1.12. The molecule has 3 aliphatic rings. The molecule has 2 aromatic rings. The zero-order valence-electron chi connectivity index (χ0n) is 19.3. The van der Waals surface area contributed by atoms with E-state index in [1.165, 1.54) is 16.9 Å². The van der Waals surface area contributed by atoms with Crippen LogP contribution in [0.4, 0.5) is 10.8 Å². The number of carbonyl (C=O) groups excluding carboxylic acids is 2. The number of ether oxygens (including phenoxy) is 2. The maximum absolute atomic E-state index is 12.8.